The van der Waals surface area contributed by atoms with Crippen LogP contribution in [0.15, 0.2) is 30.3 Å². The Labute approximate surface area is 140 Å². The van der Waals surface area contributed by atoms with Gasteiger partial charge in [-0.25, -0.2) is 0 Å². The summed E-state index contributed by atoms with van der Waals surface area (Å²) in [4.78, 5) is 0. The zero-order chi connectivity index (χ0) is 15.7. The second-order valence-corrected chi connectivity index (χ2v) is 6.60. The van der Waals surface area contributed by atoms with Crippen LogP contribution >= 0.6 is 0 Å². The number of quaternary nitrogens is 1. The van der Waals surface area contributed by atoms with E-state index in [9.17, 15) is 0 Å². The maximum absolute atomic E-state index is 3.55. The molecule has 2 nitrogen and oxygen atoms in total. The number of nitrogens with one attached hydrogen (secondary N) is 1. The molecule has 22 heavy (non-hydrogen) atoms. The number of unbranched alkanes of at least 4 members (excludes halogenated alkanes) is 7. The molecule has 0 atom stereocenters. The van der Waals surface area contributed by atoms with Gasteiger partial charge in [-0.1, -0.05) is 81.3 Å². The van der Waals surface area contributed by atoms with Crippen molar-refractivity contribution in [1.82, 2.24) is 5.32 Å². The fourth-order valence-corrected chi connectivity index (χ4v) is 2.90. The zero-order valence-corrected chi connectivity index (χ0v) is 15.2. The Hall–Kier alpha value is -0.643. The van der Waals surface area contributed by atoms with Gasteiger partial charge in [-0.15, -0.1) is 0 Å². The third-order valence-corrected chi connectivity index (χ3v) is 4.38. The predicted octanol–water partition coefficient (Wildman–Crippen LogP) is 3.05. The van der Waals surface area contributed by atoms with Crippen LogP contribution in [0.5, 0.6) is 0 Å². The molecule has 0 saturated heterocycles. The molecule has 0 bridgehead atoms. The van der Waals surface area contributed by atoms with Crippen molar-refractivity contribution in [3.8, 4) is 0 Å². The summed E-state index contributed by atoms with van der Waals surface area (Å²) in [5.74, 6) is 0. The van der Waals surface area contributed by atoms with Gasteiger partial charge in [0, 0.05) is 22.4 Å². The third-order valence-electron chi connectivity index (χ3n) is 4.03. The molecule has 3 heteroatoms. The summed E-state index contributed by atoms with van der Waals surface area (Å²) in [5, 5.41) is 5.94. The van der Waals surface area contributed by atoms with E-state index >= 15 is 0 Å². The first-order valence-electron chi connectivity index (χ1n) is 9.14. The van der Waals surface area contributed by atoms with E-state index in [1.165, 1.54) is 70.0 Å². The van der Waals surface area contributed by atoms with Crippen molar-refractivity contribution < 1.29 is 5.32 Å². The van der Waals surface area contributed by atoms with Crippen molar-refractivity contribution in [2.24, 2.45) is 0 Å². The quantitative estimate of drug-likeness (QED) is 0.378. The maximum atomic E-state index is 3.55. The van der Waals surface area contributed by atoms with Crippen LogP contribution in [0, 0.1) is 0 Å². The lowest BCUT2D eigenvalue weighted by atomic mass is 10.1. The highest BCUT2D eigenvalue weighted by Crippen LogP contribution is 2.08. The van der Waals surface area contributed by atoms with E-state index < -0.39 is 0 Å². The minimum atomic E-state index is 1.09. The van der Waals surface area contributed by atoms with Gasteiger partial charge in [-0.05, 0) is 13.0 Å². The second-order valence-electron chi connectivity index (χ2n) is 6.10. The highest BCUT2D eigenvalue weighted by atomic mass is 28.1. The van der Waals surface area contributed by atoms with Crippen molar-refractivity contribution in [3.05, 3.63) is 35.9 Å². The van der Waals surface area contributed by atoms with Crippen LogP contribution in [-0.2, 0) is 6.54 Å². The number of hydrogen-bond donors (Lipinski definition) is 2. The average molecular weight is 319 g/mol. The lowest BCUT2D eigenvalue weighted by Crippen LogP contribution is -2.84. The normalized spacial score (nSPS) is 11.0. The molecule has 0 saturated carbocycles. The van der Waals surface area contributed by atoms with Crippen LogP contribution in [0.2, 0.25) is 6.04 Å². The summed E-state index contributed by atoms with van der Waals surface area (Å²) in [6.07, 6.45) is 11.1. The Bertz CT molecular complexity index is 329. The number of benzene rings is 1. The van der Waals surface area contributed by atoms with Crippen LogP contribution in [0.4, 0.5) is 0 Å². The Morgan fingerprint density at radius 2 is 1.41 bits per heavy atom. The van der Waals surface area contributed by atoms with Crippen molar-refractivity contribution >= 4 is 10.2 Å². The minimum Gasteiger partial charge on any atom is -0.341 e. The first-order valence-corrected chi connectivity index (χ1v) is 9.85. The maximum Gasteiger partial charge on any atom is 0.101 e. The second kappa shape index (κ2) is 15.3. The molecule has 1 rings (SSSR count). The number of hydrogen-bond acceptors (Lipinski definition) is 1. The minimum absolute atomic E-state index is 1.09. The topological polar surface area (TPSA) is 28.6 Å². The molecule has 0 unspecified atom stereocenters. The Morgan fingerprint density at radius 1 is 0.773 bits per heavy atom. The van der Waals surface area contributed by atoms with Crippen LogP contribution < -0.4 is 10.6 Å². The fourth-order valence-electron chi connectivity index (χ4n) is 2.65. The fraction of sp³-hybridized carbons (Fsp3) is 0.684. The van der Waals surface area contributed by atoms with Crippen LogP contribution in [0.3, 0.4) is 0 Å². The van der Waals surface area contributed by atoms with Crippen molar-refractivity contribution in [3.63, 3.8) is 0 Å². The summed E-state index contributed by atoms with van der Waals surface area (Å²) >= 11 is 0. The lowest BCUT2D eigenvalue weighted by molar-refractivity contribution is -0.668. The zero-order valence-electron chi connectivity index (χ0n) is 14.2. The van der Waals surface area contributed by atoms with Gasteiger partial charge < -0.3 is 10.6 Å². The first kappa shape index (κ1) is 19.4. The first-order chi connectivity index (χ1) is 10.9. The van der Waals surface area contributed by atoms with Gasteiger partial charge in [0.1, 0.15) is 6.54 Å². The molecule has 0 heterocycles. The predicted molar refractivity (Wildman–Crippen MR) is 97.3 cm³/mol. The lowest BCUT2D eigenvalue weighted by Gasteiger charge is -2.05. The van der Waals surface area contributed by atoms with Crippen molar-refractivity contribution in [1.29, 1.82) is 0 Å². The summed E-state index contributed by atoms with van der Waals surface area (Å²) in [6, 6.07) is 11.9. The Kier molecular flexibility index (Phi) is 13.5. The molecular weight excluding hydrogens is 284 g/mol. The van der Waals surface area contributed by atoms with Crippen LogP contribution in [-0.4, -0.2) is 29.9 Å². The molecule has 123 valence electrons. The molecule has 1 aromatic rings. The van der Waals surface area contributed by atoms with Gasteiger partial charge in [0.15, 0.2) is 0 Å². The smallest absolute Gasteiger partial charge is 0.101 e. The average Bonchev–Trinajstić information content (AvgIpc) is 2.56. The van der Waals surface area contributed by atoms with Gasteiger partial charge in [-0.2, -0.15) is 0 Å². The van der Waals surface area contributed by atoms with E-state index in [1.807, 2.05) is 0 Å². The molecular formula is C19H34N2Si+. The van der Waals surface area contributed by atoms with Gasteiger partial charge in [-0.3, -0.25) is 0 Å². The SMILES string of the molecule is [Si]CCCCCCCCCCNCC[NH2+]Cc1ccccc1. The van der Waals surface area contributed by atoms with E-state index in [-0.39, 0.29) is 0 Å². The largest absolute Gasteiger partial charge is 0.341 e. The van der Waals surface area contributed by atoms with Crippen molar-refractivity contribution in [2.45, 2.75) is 64.0 Å². The van der Waals surface area contributed by atoms with Crippen molar-refractivity contribution in [2.75, 3.05) is 19.6 Å². The Balaban J connectivity index is 1.73. The molecule has 1 aromatic carbocycles. The molecule has 0 aliphatic rings. The van der Waals surface area contributed by atoms with Gasteiger partial charge in [0.25, 0.3) is 0 Å². The number of rotatable bonds is 15. The molecule has 0 aliphatic heterocycles. The molecule has 0 fully saturated rings. The Morgan fingerprint density at radius 3 is 2.09 bits per heavy atom. The summed E-state index contributed by atoms with van der Waals surface area (Å²) < 4.78 is 0. The highest BCUT2D eigenvalue weighted by Gasteiger charge is 1.95. The highest BCUT2D eigenvalue weighted by molar-refractivity contribution is 6.08. The van der Waals surface area contributed by atoms with E-state index in [2.05, 4.69) is 51.2 Å². The molecule has 0 aliphatic carbocycles. The molecule has 0 aromatic heterocycles. The van der Waals surface area contributed by atoms with Crippen LogP contribution in [0.25, 0.3) is 0 Å². The summed E-state index contributed by atoms with van der Waals surface area (Å²) in [5.41, 5.74) is 1.42. The van der Waals surface area contributed by atoms with Crippen LogP contribution in [0.1, 0.15) is 56.9 Å². The molecule has 3 radical (unpaired) electrons. The standard InChI is InChI=1S/C19H33N2Si/c22-17-11-6-4-2-1-3-5-10-14-20-15-16-21-18-19-12-8-7-9-13-19/h7-9,12-13,20-21H,1-6,10-11,14-18H2/p+1. The number of nitrogens with two attached hydrogens (primary N) is 1. The van der Waals surface area contributed by atoms with Gasteiger partial charge >= 0.3 is 0 Å². The van der Waals surface area contributed by atoms with Gasteiger partial charge in [0.2, 0.25) is 0 Å². The van der Waals surface area contributed by atoms with E-state index in [0.29, 0.717) is 0 Å². The van der Waals surface area contributed by atoms with Gasteiger partial charge in [0.05, 0.1) is 6.54 Å². The summed E-state index contributed by atoms with van der Waals surface area (Å²) in [7, 11) is 3.53. The van der Waals surface area contributed by atoms with E-state index in [4.69, 9.17) is 0 Å². The third kappa shape index (κ3) is 12.0. The molecule has 0 spiro atoms. The monoisotopic (exact) mass is 318 g/mol. The van der Waals surface area contributed by atoms with E-state index in [0.717, 1.165) is 19.1 Å². The van der Waals surface area contributed by atoms with E-state index in [1.54, 1.807) is 0 Å². The molecule has 0 amide bonds. The summed E-state index contributed by atoms with van der Waals surface area (Å²) in [6.45, 7) is 4.57. The molecule has 3 N–H and O–H groups in total.